The highest BCUT2D eigenvalue weighted by Gasteiger charge is 2.05. The Morgan fingerprint density at radius 2 is 1.94 bits per heavy atom. The van der Waals surface area contributed by atoms with Crippen molar-refractivity contribution in [1.82, 2.24) is 4.98 Å². The van der Waals surface area contributed by atoms with E-state index >= 15 is 0 Å². The lowest BCUT2D eigenvalue weighted by molar-refractivity contribution is 0.299. The van der Waals surface area contributed by atoms with Crippen molar-refractivity contribution in [3.8, 4) is 5.75 Å². The normalized spacial score (nSPS) is 10.2. The fraction of sp³-hybridized carbons (Fsp3) is 0.214. The third-order valence-electron chi connectivity index (χ3n) is 2.73. The van der Waals surface area contributed by atoms with Gasteiger partial charge in [0.25, 0.3) is 0 Å². The van der Waals surface area contributed by atoms with E-state index in [0.29, 0.717) is 12.4 Å². The molecule has 2 aromatic rings. The summed E-state index contributed by atoms with van der Waals surface area (Å²) >= 11 is 0. The summed E-state index contributed by atoms with van der Waals surface area (Å²) in [4.78, 5) is 14.6. The molecule has 88 valence electrons. The number of nitrogens with one attached hydrogen (secondary N) is 1. The maximum absolute atomic E-state index is 11.6. The van der Waals surface area contributed by atoms with Crippen LogP contribution in [0.15, 0.2) is 41.3 Å². The molecule has 3 nitrogen and oxygen atoms in total. The van der Waals surface area contributed by atoms with Crippen LogP contribution in [0.2, 0.25) is 0 Å². The molecule has 3 heteroatoms. The van der Waals surface area contributed by atoms with Gasteiger partial charge in [-0.15, -0.1) is 0 Å². The predicted octanol–water partition coefficient (Wildman–Crippen LogP) is 2.57. The van der Waals surface area contributed by atoms with Gasteiger partial charge < -0.3 is 9.72 Å². The van der Waals surface area contributed by atoms with Crippen LogP contribution in [0.3, 0.4) is 0 Å². The van der Waals surface area contributed by atoms with Crippen molar-refractivity contribution < 1.29 is 4.74 Å². The maximum Gasteiger partial charge on any atom is 0.223 e. The molecule has 2 rings (SSSR count). The summed E-state index contributed by atoms with van der Waals surface area (Å²) in [6.07, 6.45) is 1.62. The lowest BCUT2D eigenvalue weighted by Crippen LogP contribution is -2.10. The number of aryl methyl sites for hydroxylation is 2. The Morgan fingerprint density at radius 1 is 1.18 bits per heavy atom. The molecule has 0 aliphatic carbocycles. The topological polar surface area (TPSA) is 42.1 Å². The lowest BCUT2D eigenvalue weighted by atomic mass is 10.1. The second-order valence-corrected chi connectivity index (χ2v) is 4.01. The van der Waals surface area contributed by atoms with E-state index in [1.54, 1.807) is 6.20 Å². The monoisotopic (exact) mass is 229 g/mol. The molecule has 1 aromatic heterocycles. The Morgan fingerprint density at radius 3 is 2.65 bits per heavy atom. The van der Waals surface area contributed by atoms with Gasteiger partial charge in [0.05, 0.1) is 5.69 Å². The van der Waals surface area contributed by atoms with E-state index in [1.807, 2.05) is 38.1 Å². The summed E-state index contributed by atoms with van der Waals surface area (Å²) < 4.78 is 5.59. The van der Waals surface area contributed by atoms with E-state index in [9.17, 15) is 4.79 Å². The Labute approximate surface area is 100 Å². The van der Waals surface area contributed by atoms with Crippen LogP contribution in [0.1, 0.15) is 16.8 Å². The fourth-order valence-corrected chi connectivity index (χ4v) is 1.67. The van der Waals surface area contributed by atoms with E-state index in [2.05, 4.69) is 4.98 Å². The second kappa shape index (κ2) is 4.87. The molecule has 0 atom stereocenters. The molecule has 17 heavy (non-hydrogen) atoms. The van der Waals surface area contributed by atoms with Crippen molar-refractivity contribution >= 4 is 0 Å². The number of rotatable bonds is 3. The molecule has 0 amide bonds. The first-order chi connectivity index (χ1) is 8.18. The van der Waals surface area contributed by atoms with E-state index in [0.717, 1.165) is 16.8 Å². The molecule has 0 radical (unpaired) electrons. The molecule has 0 bridgehead atoms. The summed E-state index contributed by atoms with van der Waals surface area (Å²) in [6, 6.07) is 9.45. The highest BCUT2D eigenvalue weighted by molar-refractivity contribution is 5.28. The first-order valence-electron chi connectivity index (χ1n) is 5.54. The van der Waals surface area contributed by atoms with Gasteiger partial charge in [0.15, 0.2) is 5.75 Å². The van der Waals surface area contributed by atoms with Crippen LogP contribution in [0.5, 0.6) is 5.75 Å². The van der Waals surface area contributed by atoms with E-state index in [1.165, 1.54) is 6.07 Å². The van der Waals surface area contributed by atoms with Crippen LogP contribution in [0, 0.1) is 13.8 Å². The molecule has 0 spiro atoms. The van der Waals surface area contributed by atoms with E-state index in [4.69, 9.17) is 4.74 Å². The summed E-state index contributed by atoms with van der Waals surface area (Å²) in [6.45, 7) is 4.27. The third kappa shape index (κ3) is 2.56. The molecular formula is C14H15NO2. The van der Waals surface area contributed by atoms with E-state index < -0.39 is 0 Å². The van der Waals surface area contributed by atoms with Gasteiger partial charge in [-0.1, -0.05) is 24.3 Å². The summed E-state index contributed by atoms with van der Waals surface area (Å²) in [5, 5.41) is 0. The summed E-state index contributed by atoms with van der Waals surface area (Å²) in [5.41, 5.74) is 2.92. The van der Waals surface area contributed by atoms with Crippen molar-refractivity contribution in [2.75, 3.05) is 0 Å². The Hall–Kier alpha value is -2.03. The highest BCUT2D eigenvalue weighted by Crippen LogP contribution is 2.13. The Balaban J connectivity index is 2.19. The van der Waals surface area contributed by atoms with Gasteiger partial charge in [0.1, 0.15) is 6.61 Å². The molecule has 0 aliphatic heterocycles. The average molecular weight is 229 g/mol. The van der Waals surface area contributed by atoms with Crippen molar-refractivity contribution in [2.45, 2.75) is 20.5 Å². The number of ether oxygens (including phenoxy) is 1. The quantitative estimate of drug-likeness (QED) is 0.878. The predicted molar refractivity (Wildman–Crippen MR) is 67.3 cm³/mol. The van der Waals surface area contributed by atoms with Gasteiger partial charge in [-0.2, -0.15) is 0 Å². The number of aromatic amines is 1. The zero-order valence-corrected chi connectivity index (χ0v) is 9.99. The average Bonchev–Trinajstić information content (AvgIpc) is 2.30. The van der Waals surface area contributed by atoms with Crippen LogP contribution in [0.25, 0.3) is 0 Å². The molecular weight excluding hydrogens is 214 g/mol. The van der Waals surface area contributed by atoms with Crippen molar-refractivity contribution in [3.05, 3.63) is 63.6 Å². The summed E-state index contributed by atoms with van der Waals surface area (Å²) in [5.74, 6) is 0.399. The summed E-state index contributed by atoms with van der Waals surface area (Å²) in [7, 11) is 0. The molecule has 1 N–H and O–H groups in total. The molecule has 1 aromatic carbocycles. The van der Waals surface area contributed by atoms with Crippen molar-refractivity contribution in [1.29, 1.82) is 0 Å². The molecule has 0 unspecified atom stereocenters. The smallest absolute Gasteiger partial charge is 0.223 e. The minimum absolute atomic E-state index is 0.0881. The number of H-pyrrole nitrogens is 1. The molecule has 0 saturated carbocycles. The number of benzene rings is 1. The largest absolute Gasteiger partial charge is 0.483 e. The van der Waals surface area contributed by atoms with Crippen molar-refractivity contribution in [2.24, 2.45) is 0 Å². The highest BCUT2D eigenvalue weighted by atomic mass is 16.5. The van der Waals surface area contributed by atoms with Crippen LogP contribution in [-0.2, 0) is 6.61 Å². The van der Waals surface area contributed by atoms with Gasteiger partial charge in [-0.05, 0) is 25.0 Å². The number of pyridine rings is 1. The van der Waals surface area contributed by atoms with E-state index in [-0.39, 0.29) is 5.43 Å². The lowest BCUT2D eigenvalue weighted by Gasteiger charge is -2.09. The minimum Gasteiger partial charge on any atom is -0.483 e. The number of aromatic nitrogens is 1. The Kier molecular flexibility index (Phi) is 3.28. The number of hydrogen-bond acceptors (Lipinski definition) is 2. The van der Waals surface area contributed by atoms with Gasteiger partial charge in [0, 0.05) is 12.3 Å². The van der Waals surface area contributed by atoms with Gasteiger partial charge in [-0.25, -0.2) is 0 Å². The van der Waals surface area contributed by atoms with Crippen LogP contribution in [0.4, 0.5) is 0 Å². The van der Waals surface area contributed by atoms with Gasteiger partial charge in [0.2, 0.25) is 5.43 Å². The van der Waals surface area contributed by atoms with Gasteiger partial charge in [-0.3, -0.25) is 4.79 Å². The minimum atomic E-state index is -0.0881. The third-order valence-corrected chi connectivity index (χ3v) is 2.73. The molecule has 1 heterocycles. The second-order valence-electron chi connectivity index (χ2n) is 4.01. The zero-order valence-electron chi connectivity index (χ0n) is 9.99. The zero-order chi connectivity index (χ0) is 12.3. The van der Waals surface area contributed by atoms with Crippen molar-refractivity contribution in [3.63, 3.8) is 0 Å². The Bertz CT molecular complexity index is 572. The number of hydrogen-bond donors (Lipinski definition) is 1. The SMILES string of the molecule is Cc1ccccc1COc1c(C)[nH]ccc1=O. The van der Waals surface area contributed by atoms with Gasteiger partial charge >= 0.3 is 0 Å². The maximum atomic E-state index is 11.6. The molecule has 0 saturated heterocycles. The standard InChI is InChI=1S/C14H15NO2/c1-10-5-3-4-6-12(10)9-17-14-11(2)15-8-7-13(14)16/h3-8H,9H2,1-2H3,(H,15,16). The first-order valence-corrected chi connectivity index (χ1v) is 5.54. The molecule has 0 fully saturated rings. The fourth-order valence-electron chi connectivity index (χ4n) is 1.67. The first kappa shape index (κ1) is 11.5. The van der Waals surface area contributed by atoms with Crippen LogP contribution < -0.4 is 10.2 Å². The molecule has 0 aliphatic rings. The van der Waals surface area contributed by atoms with Crippen LogP contribution in [-0.4, -0.2) is 4.98 Å². The van der Waals surface area contributed by atoms with Crippen LogP contribution >= 0.6 is 0 Å².